The SMILES string of the molecule is CCCCCCCCOc1cc(/C=C/c2ccccc2)c(OCCCCCCCC)cc1/C=C/c1ccccc1. The molecule has 0 saturated carbocycles. The average molecular weight is 539 g/mol. The van der Waals surface area contributed by atoms with Crippen LogP contribution in [0, 0.1) is 0 Å². The molecule has 0 heterocycles. The Balaban J connectivity index is 1.80. The van der Waals surface area contributed by atoms with Gasteiger partial charge in [0.25, 0.3) is 0 Å². The van der Waals surface area contributed by atoms with Gasteiger partial charge in [0.2, 0.25) is 0 Å². The van der Waals surface area contributed by atoms with Gasteiger partial charge in [-0.1, -0.05) is 163 Å². The maximum atomic E-state index is 6.42. The smallest absolute Gasteiger partial charge is 0.127 e. The highest BCUT2D eigenvalue weighted by Gasteiger charge is 2.10. The van der Waals surface area contributed by atoms with Crippen LogP contribution in [-0.2, 0) is 0 Å². The fourth-order valence-electron chi connectivity index (χ4n) is 4.73. The normalized spacial score (nSPS) is 11.4. The largest absolute Gasteiger partial charge is 0.493 e. The maximum Gasteiger partial charge on any atom is 0.127 e. The third-order valence-electron chi connectivity index (χ3n) is 7.16. The van der Waals surface area contributed by atoms with Gasteiger partial charge in [-0.3, -0.25) is 0 Å². The molecule has 3 aromatic carbocycles. The summed E-state index contributed by atoms with van der Waals surface area (Å²) in [7, 11) is 0. The van der Waals surface area contributed by atoms with E-state index in [9.17, 15) is 0 Å². The molecular formula is C38H50O2. The molecule has 0 fully saturated rings. The lowest BCUT2D eigenvalue weighted by Crippen LogP contribution is -2.03. The van der Waals surface area contributed by atoms with Crippen molar-refractivity contribution in [1.29, 1.82) is 0 Å². The Bertz CT molecular complexity index is 1020. The van der Waals surface area contributed by atoms with Crippen molar-refractivity contribution in [2.24, 2.45) is 0 Å². The predicted octanol–water partition coefficient (Wildman–Crippen LogP) is 11.5. The molecular weight excluding hydrogens is 488 g/mol. The number of hydrogen-bond acceptors (Lipinski definition) is 2. The number of unbranched alkanes of at least 4 members (excludes halogenated alkanes) is 10. The van der Waals surface area contributed by atoms with Crippen LogP contribution < -0.4 is 9.47 Å². The van der Waals surface area contributed by atoms with E-state index in [1.165, 1.54) is 75.3 Å². The van der Waals surface area contributed by atoms with Gasteiger partial charge in [-0.15, -0.1) is 0 Å². The lowest BCUT2D eigenvalue weighted by molar-refractivity contribution is 0.295. The van der Waals surface area contributed by atoms with Crippen molar-refractivity contribution in [2.45, 2.75) is 90.9 Å². The van der Waals surface area contributed by atoms with Crippen molar-refractivity contribution in [3.8, 4) is 11.5 Å². The van der Waals surface area contributed by atoms with Gasteiger partial charge in [-0.05, 0) is 36.1 Å². The first kappa shape index (κ1) is 31.3. The van der Waals surface area contributed by atoms with Crippen LogP contribution in [0.1, 0.15) is 113 Å². The van der Waals surface area contributed by atoms with Crippen molar-refractivity contribution in [3.05, 3.63) is 95.1 Å². The molecule has 0 aromatic heterocycles. The molecule has 0 bridgehead atoms. The molecule has 0 radical (unpaired) electrons. The van der Waals surface area contributed by atoms with E-state index < -0.39 is 0 Å². The lowest BCUT2D eigenvalue weighted by atomic mass is 10.0. The topological polar surface area (TPSA) is 18.5 Å². The molecule has 0 saturated heterocycles. The monoisotopic (exact) mass is 538 g/mol. The second-order valence-corrected chi connectivity index (χ2v) is 10.6. The molecule has 0 spiro atoms. The molecule has 0 N–H and O–H groups in total. The van der Waals surface area contributed by atoms with Crippen molar-refractivity contribution in [2.75, 3.05) is 13.2 Å². The van der Waals surface area contributed by atoms with Gasteiger partial charge < -0.3 is 9.47 Å². The Morgan fingerprint density at radius 3 is 1.23 bits per heavy atom. The second kappa shape index (κ2) is 19.7. The summed E-state index contributed by atoms with van der Waals surface area (Å²) in [6, 6.07) is 25.2. The molecule has 40 heavy (non-hydrogen) atoms. The van der Waals surface area contributed by atoms with E-state index in [0.717, 1.165) is 48.7 Å². The Morgan fingerprint density at radius 2 is 0.825 bits per heavy atom. The highest BCUT2D eigenvalue weighted by atomic mass is 16.5. The molecule has 0 aliphatic heterocycles. The molecule has 0 atom stereocenters. The average Bonchev–Trinajstić information content (AvgIpc) is 3.00. The van der Waals surface area contributed by atoms with Crippen LogP contribution in [0.5, 0.6) is 11.5 Å². The van der Waals surface area contributed by atoms with Crippen LogP contribution in [-0.4, -0.2) is 13.2 Å². The molecule has 0 amide bonds. The second-order valence-electron chi connectivity index (χ2n) is 10.6. The van der Waals surface area contributed by atoms with E-state index in [1.807, 2.05) is 0 Å². The van der Waals surface area contributed by atoms with Crippen molar-refractivity contribution >= 4 is 24.3 Å². The van der Waals surface area contributed by atoms with E-state index in [0.29, 0.717) is 0 Å². The molecule has 0 unspecified atom stereocenters. The van der Waals surface area contributed by atoms with Crippen LogP contribution in [0.25, 0.3) is 24.3 Å². The van der Waals surface area contributed by atoms with E-state index in [1.54, 1.807) is 0 Å². The first-order chi connectivity index (χ1) is 19.8. The quantitative estimate of drug-likeness (QED) is 0.105. The summed E-state index contributed by atoms with van der Waals surface area (Å²) in [5.74, 6) is 1.83. The minimum atomic E-state index is 0.734. The van der Waals surface area contributed by atoms with Gasteiger partial charge in [-0.2, -0.15) is 0 Å². The van der Waals surface area contributed by atoms with E-state index in [4.69, 9.17) is 9.47 Å². The molecule has 2 nitrogen and oxygen atoms in total. The number of hydrogen-bond donors (Lipinski definition) is 0. The van der Waals surface area contributed by atoms with Crippen molar-refractivity contribution in [3.63, 3.8) is 0 Å². The summed E-state index contributed by atoms with van der Waals surface area (Å²) in [6.07, 6.45) is 23.7. The Kier molecular flexibility index (Phi) is 15.4. The third-order valence-corrected chi connectivity index (χ3v) is 7.16. The fraction of sp³-hybridized carbons (Fsp3) is 0.421. The van der Waals surface area contributed by atoms with E-state index >= 15 is 0 Å². The highest BCUT2D eigenvalue weighted by molar-refractivity contribution is 5.78. The van der Waals surface area contributed by atoms with Crippen LogP contribution in [0.4, 0.5) is 0 Å². The summed E-state index contributed by atoms with van der Waals surface area (Å²) in [6.45, 7) is 5.99. The lowest BCUT2D eigenvalue weighted by Gasteiger charge is -2.15. The zero-order valence-electron chi connectivity index (χ0n) is 25.0. The molecule has 3 aromatic rings. The summed E-state index contributed by atoms with van der Waals surface area (Å²) in [5, 5.41) is 0. The summed E-state index contributed by atoms with van der Waals surface area (Å²) >= 11 is 0. The van der Waals surface area contributed by atoms with Gasteiger partial charge >= 0.3 is 0 Å². The fourth-order valence-corrected chi connectivity index (χ4v) is 4.73. The summed E-state index contributed by atoms with van der Waals surface area (Å²) in [5.41, 5.74) is 4.47. The Hall–Kier alpha value is -3.26. The van der Waals surface area contributed by atoms with Crippen LogP contribution in [0.3, 0.4) is 0 Å². The first-order valence-corrected chi connectivity index (χ1v) is 15.7. The van der Waals surface area contributed by atoms with E-state index in [-0.39, 0.29) is 0 Å². The number of benzene rings is 3. The van der Waals surface area contributed by atoms with Gasteiger partial charge in [-0.25, -0.2) is 0 Å². The van der Waals surface area contributed by atoms with Gasteiger partial charge in [0.05, 0.1) is 13.2 Å². The Morgan fingerprint density at radius 1 is 0.450 bits per heavy atom. The molecule has 0 aliphatic carbocycles. The molecule has 214 valence electrons. The molecule has 0 aliphatic rings. The zero-order chi connectivity index (χ0) is 28.1. The minimum Gasteiger partial charge on any atom is -0.493 e. The van der Waals surface area contributed by atoms with Crippen LogP contribution >= 0.6 is 0 Å². The minimum absolute atomic E-state index is 0.734. The molecule has 3 rings (SSSR count). The van der Waals surface area contributed by atoms with E-state index in [2.05, 4.69) is 111 Å². The number of ether oxygens (including phenoxy) is 2. The summed E-state index contributed by atoms with van der Waals surface area (Å²) < 4.78 is 12.8. The summed E-state index contributed by atoms with van der Waals surface area (Å²) in [4.78, 5) is 0. The van der Waals surface area contributed by atoms with Gasteiger partial charge in [0.15, 0.2) is 0 Å². The van der Waals surface area contributed by atoms with Gasteiger partial charge in [0.1, 0.15) is 11.5 Å². The van der Waals surface area contributed by atoms with Crippen molar-refractivity contribution < 1.29 is 9.47 Å². The number of rotatable bonds is 20. The highest BCUT2D eigenvalue weighted by Crippen LogP contribution is 2.33. The zero-order valence-corrected chi connectivity index (χ0v) is 25.0. The van der Waals surface area contributed by atoms with Gasteiger partial charge in [0, 0.05) is 11.1 Å². The standard InChI is InChI=1S/C38H50O2/c1-3-5-7-9-11-19-29-39-37-31-36(28-26-34-23-17-14-18-24-34)38(40-30-20-12-10-8-6-4-2)32-35(37)27-25-33-21-15-13-16-22-33/h13-18,21-28,31-32H,3-12,19-20,29-30H2,1-2H3/b27-25+,28-26+. The molecule has 2 heteroatoms. The third kappa shape index (κ3) is 12.3. The maximum absolute atomic E-state index is 6.42. The van der Waals surface area contributed by atoms with Crippen LogP contribution in [0.15, 0.2) is 72.8 Å². The van der Waals surface area contributed by atoms with Crippen molar-refractivity contribution in [1.82, 2.24) is 0 Å². The first-order valence-electron chi connectivity index (χ1n) is 15.7. The van der Waals surface area contributed by atoms with Crippen LogP contribution in [0.2, 0.25) is 0 Å². The predicted molar refractivity (Wildman–Crippen MR) is 175 cm³/mol. The Labute approximate surface area is 244 Å².